The molecule has 0 atom stereocenters. The van der Waals surface area contributed by atoms with Gasteiger partial charge in [-0.1, -0.05) is 0 Å². The molecule has 0 unspecified atom stereocenters. The average molecular weight is 191 g/mol. The molecule has 0 bridgehead atoms. The fourth-order valence-corrected chi connectivity index (χ4v) is 0.980. The van der Waals surface area contributed by atoms with Crippen LogP contribution < -0.4 is 0 Å². The lowest BCUT2D eigenvalue weighted by atomic mass is 10.2. The molecule has 1 aromatic heterocycles. The van der Waals surface area contributed by atoms with E-state index in [2.05, 4.69) is 5.10 Å². The molecule has 0 aliphatic carbocycles. The van der Waals surface area contributed by atoms with E-state index in [1.165, 1.54) is 10.9 Å². The number of carboxylic acids is 1. The molecule has 0 saturated carbocycles. The van der Waals surface area contributed by atoms with Crippen molar-refractivity contribution in [1.82, 2.24) is 9.78 Å². The number of aliphatic carboxylic acids is 1. The molecular weight excluding hydrogens is 182 g/mol. The van der Waals surface area contributed by atoms with Gasteiger partial charge in [0.1, 0.15) is 6.54 Å². The van der Waals surface area contributed by atoms with Gasteiger partial charge < -0.3 is 5.11 Å². The lowest BCUT2D eigenvalue weighted by Gasteiger charge is -1.99. The van der Waals surface area contributed by atoms with Crippen LogP contribution in [0, 0.1) is 11.3 Å². The molecule has 0 radical (unpaired) electrons. The van der Waals surface area contributed by atoms with Crippen LogP contribution in [0.5, 0.6) is 0 Å². The first-order valence-corrected chi connectivity index (χ1v) is 3.95. The Kier molecular flexibility index (Phi) is 3.02. The van der Waals surface area contributed by atoms with Gasteiger partial charge in [0, 0.05) is 11.8 Å². The van der Waals surface area contributed by atoms with Crippen LogP contribution in [0.25, 0.3) is 6.08 Å². The Morgan fingerprint density at radius 3 is 3.14 bits per heavy atom. The zero-order valence-electron chi connectivity index (χ0n) is 7.64. The fraction of sp³-hybridized carbons (Fsp3) is 0.222. The molecule has 1 rings (SSSR count). The van der Waals surface area contributed by atoms with E-state index in [0.717, 1.165) is 0 Å². The quantitative estimate of drug-likeness (QED) is 0.719. The standard InChI is InChI=1S/C9H9N3O2/c1-7(5-10)4-8-2-3-11-12(8)6-9(13)14/h2-4H,6H2,1H3,(H,13,14)/b7-4-. The number of rotatable bonds is 3. The molecule has 0 amide bonds. The predicted molar refractivity (Wildman–Crippen MR) is 49.1 cm³/mol. The Hall–Kier alpha value is -2.09. The Labute approximate surface area is 80.9 Å². The van der Waals surface area contributed by atoms with Crippen molar-refractivity contribution >= 4 is 12.0 Å². The average Bonchev–Trinajstić information content (AvgIpc) is 2.52. The van der Waals surface area contributed by atoms with Crippen molar-refractivity contribution in [3.63, 3.8) is 0 Å². The molecule has 0 aliphatic rings. The second-order valence-corrected chi connectivity index (χ2v) is 2.75. The Morgan fingerprint density at radius 1 is 1.86 bits per heavy atom. The van der Waals surface area contributed by atoms with Crippen LogP contribution in [-0.2, 0) is 11.3 Å². The van der Waals surface area contributed by atoms with Crippen LogP contribution in [0.15, 0.2) is 17.8 Å². The van der Waals surface area contributed by atoms with Gasteiger partial charge in [0.15, 0.2) is 0 Å². The highest BCUT2D eigenvalue weighted by molar-refractivity contribution is 5.67. The number of hydrogen-bond acceptors (Lipinski definition) is 3. The summed E-state index contributed by atoms with van der Waals surface area (Å²) in [5.74, 6) is -0.960. The summed E-state index contributed by atoms with van der Waals surface area (Å²) in [7, 11) is 0. The topological polar surface area (TPSA) is 78.9 Å². The van der Waals surface area contributed by atoms with Crippen molar-refractivity contribution < 1.29 is 9.90 Å². The number of allylic oxidation sites excluding steroid dienone is 1. The Morgan fingerprint density at radius 2 is 2.57 bits per heavy atom. The van der Waals surface area contributed by atoms with Crippen LogP contribution in [0.3, 0.4) is 0 Å². The largest absolute Gasteiger partial charge is 0.480 e. The van der Waals surface area contributed by atoms with E-state index in [9.17, 15) is 4.79 Å². The number of nitrogens with zero attached hydrogens (tertiary/aromatic N) is 3. The first-order valence-electron chi connectivity index (χ1n) is 3.95. The monoisotopic (exact) mass is 191 g/mol. The predicted octanol–water partition coefficient (Wildman–Crippen LogP) is 0.895. The van der Waals surface area contributed by atoms with Crippen molar-refractivity contribution in [2.75, 3.05) is 0 Å². The summed E-state index contributed by atoms with van der Waals surface area (Å²) in [6, 6.07) is 3.61. The maximum atomic E-state index is 10.4. The van der Waals surface area contributed by atoms with Crippen molar-refractivity contribution in [3.8, 4) is 6.07 Å². The van der Waals surface area contributed by atoms with E-state index in [-0.39, 0.29) is 6.54 Å². The molecule has 1 heterocycles. The number of aromatic nitrogens is 2. The highest BCUT2D eigenvalue weighted by Crippen LogP contribution is 2.05. The van der Waals surface area contributed by atoms with E-state index in [1.54, 1.807) is 19.1 Å². The molecule has 0 saturated heterocycles. The van der Waals surface area contributed by atoms with Crippen molar-refractivity contribution in [1.29, 1.82) is 5.26 Å². The third-order valence-corrected chi connectivity index (χ3v) is 1.58. The van der Waals surface area contributed by atoms with E-state index < -0.39 is 5.97 Å². The summed E-state index contributed by atoms with van der Waals surface area (Å²) in [6.07, 6.45) is 3.09. The highest BCUT2D eigenvalue weighted by Gasteiger charge is 2.03. The van der Waals surface area contributed by atoms with Crippen LogP contribution in [-0.4, -0.2) is 20.9 Å². The molecule has 0 fully saturated rings. The smallest absolute Gasteiger partial charge is 0.325 e. The Balaban J connectivity index is 2.94. The zero-order valence-corrected chi connectivity index (χ0v) is 7.64. The minimum atomic E-state index is -0.960. The molecule has 0 aromatic carbocycles. The molecule has 0 aliphatic heterocycles. The van der Waals surface area contributed by atoms with Gasteiger partial charge in [-0.2, -0.15) is 10.4 Å². The normalized spacial score (nSPS) is 11.0. The summed E-state index contributed by atoms with van der Waals surface area (Å²) in [5, 5.41) is 20.9. The molecule has 14 heavy (non-hydrogen) atoms. The van der Waals surface area contributed by atoms with Crippen molar-refractivity contribution in [3.05, 3.63) is 23.5 Å². The molecule has 0 spiro atoms. The highest BCUT2D eigenvalue weighted by atomic mass is 16.4. The second-order valence-electron chi connectivity index (χ2n) is 2.75. The molecular formula is C9H9N3O2. The molecule has 72 valence electrons. The second kappa shape index (κ2) is 4.23. The first kappa shape index (κ1) is 9.99. The van der Waals surface area contributed by atoms with Gasteiger partial charge in [-0.25, -0.2) is 0 Å². The van der Waals surface area contributed by atoms with E-state index in [4.69, 9.17) is 10.4 Å². The van der Waals surface area contributed by atoms with Gasteiger partial charge in [-0.3, -0.25) is 9.48 Å². The minimum Gasteiger partial charge on any atom is -0.480 e. The number of carboxylic acid groups (broad SMARTS) is 1. The zero-order chi connectivity index (χ0) is 10.6. The van der Waals surface area contributed by atoms with Crippen LogP contribution in [0.4, 0.5) is 0 Å². The fourth-order valence-electron chi connectivity index (χ4n) is 0.980. The maximum absolute atomic E-state index is 10.4. The van der Waals surface area contributed by atoms with Gasteiger partial charge in [0.2, 0.25) is 0 Å². The van der Waals surface area contributed by atoms with Crippen molar-refractivity contribution in [2.45, 2.75) is 13.5 Å². The summed E-state index contributed by atoms with van der Waals surface area (Å²) in [6.45, 7) is 1.45. The SMILES string of the molecule is C/C(C#N)=C/c1ccnn1CC(=O)O. The van der Waals surface area contributed by atoms with Gasteiger partial charge >= 0.3 is 5.97 Å². The summed E-state index contributed by atoms with van der Waals surface area (Å²) in [4.78, 5) is 10.4. The van der Waals surface area contributed by atoms with Gasteiger partial charge in [0.05, 0.1) is 11.8 Å². The van der Waals surface area contributed by atoms with Gasteiger partial charge in [0.25, 0.3) is 0 Å². The summed E-state index contributed by atoms with van der Waals surface area (Å²) >= 11 is 0. The maximum Gasteiger partial charge on any atom is 0.325 e. The van der Waals surface area contributed by atoms with Crippen molar-refractivity contribution in [2.24, 2.45) is 0 Å². The summed E-state index contributed by atoms with van der Waals surface area (Å²) in [5.41, 5.74) is 1.13. The number of nitriles is 1. The van der Waals surface area contributed by atoms with Crippen LogP contribution in [0.2, 0.25) is 0 Å². The van der Waals surface area contributed by atoms with E-state index >= 15 is 0 Å². The van der Waals surface area contributed by atoms with Gasteiger partial charge in [-0.15, -0.1) is 0 Å². The van der Waals surface area contributed by atoms with Gasteiger partial charge in [-0.05, 0) is 19.1 Å². The third kappa shape index (κ3) is 2.45. The third-order valence-electron chi connectivity index (χ3n) is 1.58. The van der Waals surface area contributed by atoms with E-state index in [0.29, 0.717) is 11.3 Å². The molecule has 5 heteroatoms. The Bertz CT molecular complexity index is 412. The minimum absolute atomic E-state index is 0.197. The number of carbonyl (C=O) groups is 1. The molecule has 1 aromatic rings. The summed E-state index contributed by atoms with van der Waals surface area (Å²) < 4.78 is 1.32. The van der Waals surface area contributed by atoms with Crippen LogP contribution in [0.1, 0.15) is 12.6 Å². The number of hydrogen-bond donors (Lipinski definition) is 1. The van der Waals surface area contributed by atoms with Crippen LogP contribution >= 0.6 is 0 Å². The molecule has 5 nitrogen and oxygen atoms in total. The molecule has 1 N–H and O–H groups in total. The lowest BCUT2D eigenvalue weighted by molar-refractivity contribution is -0.137. The first-order chi connectivity index (χ1) is 6.63. The van der Waals surface area contributed by atoms with E-state index in [1.807, 2.05) is 6.07 Å². The lowest BCUT2D eigenvalue weighted by Crippen LogP contribution is -2.11.